The van der Waals surface area contributed by atoms with E-state index in [0.717, 1.165) is 0 Å². The standard InChI is InChI=1S/C9H12N2O2S/c1-9(2,3)6-5(7(12)13)4-10-8(14)11-6/h4H,1-3H3,(H,12,13)(H,10,11,14). The molecule has 0 aromatic carbocycles. The van der Waals surface area contributed by atoms with Gasteiger partial charge in [0.05, 0.1) is 5.56 Å². The van der Waals surface area contributed by atoms with Crippen LogP contribution >= 0.6 is 12.2 Å². The molecule has 0 saturated heterocycles. The minimum absolute atomic E-state index is 0.172. The van der Waals surface area contributed by atoms with Crippen molar-refractivity contribution in [2.75, 3.05) is 0 Å². The van der Waals surface area contributed by atoms with E-state index in [4.69, 9.17) is 17.3 Å². The molecule has 0 atom stereocenters. The zero-order valence-electron chi connectivity index (χ0n) is 8.29. The lowest BCUT2D eigenvalue weighted by molar-refractivity contribution is 0.0693. The van der Waals surface area contributed by atoms with Crippen LogP contribution in [0, 0.1) is 4.77 Å². The first-order valence-corrected chi connectivity index (χ1v) is 4.56. The minimum atomic E-state index is -0.992. The molecule has 0 amide bonds. The molecule has 76 valence electrons. The predicted molar refractivity (Wildman–Crippen MR) is 55.1 cm³/mol. The Labute approximate surface area is 87.0 Å². The zero-order chi connectivity index (χ0) is 10.9. The molecule has 0 fully saturated rings. The zero-order valence-corrected chi connectivity index (χ0v) is 9.10. The van der Waals surface area contributed by atoms with Crippen molar-refractivity contribution in [3.8, 4) is 0 Å². The number of carbonyl (C=O) groups is 1. The Bertz CT molecular complexity index is 418. The van der Waals surface area contributed by atoms with Gasteiger partial charge in [-0.1, -0.05) is 20.8 Å². The van der Waals surface area contributed by atoms with Crippen molar-refractivity contribution in [1.82, 2.24) is 9.97 Å². The summed E-state index contributed by atoms with van der Waals surface area (Å²) < 4.78 is 0.305. The summed E-state index contributed by atoms with van der Waals surface area (Å²) in [4.78, 5) is 17.5. The molecule has 1 heterocycles. The molecule has 0 bridgehead atoms. The molecule has 1 aromatic heterocycles. The fraction of sp³-hybridized carbons (Fsp3) is 0.444. The predicted octanol–water partition coefficient (Wildman–Crippen LogP) is 2.13. The van der Waals surface area contributed by atoms with Gasteiger partial charge in [0.15, 0.2) is 4.77 Å². The Balaban J connectivity index is 3.45. The third kappa shape index (κ3) is 2.17. The van der Waals surface area contributed by atoms with E-state index in [9.17, 15) is 4.79 Å². The number of hydrogen-bond acceptors (Lipinski definition) is 3. The van der Waals surface area contributed by atoms with Crippen LogP contribution in [0.1, 0.15) is 36.8 Å². The third-order valence-electron chi connectivity index (χ3n) is 1.79. The number of H-pyrrole nitrogens is 1. The van der Waals surface area contributed by atoms with Gasteiger partial charge in [0.25, 0.3) is 0 Å². The molecule has 4 nitrogen and oxygen atoms in total. The summed E-state index contributed by atoms with van der Waals surface area (Å²) in [5, 5.41) is 8.93. The van der Waals surface area contributed by atoms with Gasteiger partial charge in [0, 0.05) is 17.3 Å². The first kappa shape index (κ1) is 10.8. The maximum absolute atomic E-state index is 10.9. The number of hydrogen-bond donors (Lipinski definition) is 2. The van der Waals surface area contributed by atoms with Crippen LogP contribution in [0.2, 0.25) is 0 Å². The molecule has 0 radical (unpaired) electrons. The van der Waals surface area contributed by atoms with E-state index in [2.05, 4.69) is 9.97 Å². The number of carboxylic acids is 1. The number of rotatable bonds is 1. The van der Waals surface area contributed by atoms with Crippen LogP contribution in [0.15, 0.2) is 6.20 Å². The highest BCUT2D eigenvalue weighted by Gasteiger charge is 2.22. The molecular weight excluding hydrogens is 200 g/mol. The second kappa shape index (κ2) is 3.49. The minimum Gasteiger partial charge on any atom is -0.478 e. The smallest absolute Gasteiger partial charge is 0.339 e. The Kier molecular flexibility index (Phi) is 2.71. The summed E-state index contributed by atoms with van der Waals surface area (Å²) in [5.41, 5.74) is 0.487. The number of carboxylic acid groups (broad SMARTS) is 1. The van der Waals surface area contributed by atoms with Gasteiger partial charge in [-0.05, 0) is 12.2 Å². The van der Waals surface area contributed by atoms with Gasteiger partial charge in [-0.15, -0.1) is 0 Å². The lowest BCUT2D eigenvalue weighted by Gasteiger charge is -2.20. The average molecular weight is 212 g/mol. The van der Waals surface area contributed by atoms with Crippen molar-refractivity contribution in [2.24, 2.45) is 0 Å². The number of aromatic amines is 1. The molecular formula is C9H12N2O2S. The largest absolute Gasteiger partial charge is 0.478 e. The topological polar surface area (TPSA) is 66.0 Å². The van der Waals surface area contributed by atoms with E-state index in [-0.39, 0.29) is 11.0 Å². The van der Waals surface area contributed by atoms with Crippen molar-refractivity contribution in [1.29, 1.82) is 0 Å². The van der Waals surface area contributed by atoms with E-state index >= 15 is 0 Å². The summed E-state index contributed by atoms with van der Waals surface area (Å²) in [7, 11) is 0. The molecule has 1 rings (SSSR count). The molecule has 0 aliphatic heterocycles. The highest BCUT2D eigenvalue weighted by molar-refractivity contribution is 7.71. The highest BCUT2D eigenvalue weighted by Crippen LogP contribution is 2.22. The van der Waals surface area contributed by atoms with Crippen molar-refractivity contribution < 1.29 is 9.90 Å². The van der Waals surface area contributed by atoms with E-state index in [0.29, 0.717) is 10.5 Å². The first-order chi connectivity index (χ1) is 6.32. The molecule has 1 aromatic rings. The van der Waals surface area contributed by atoms with Crippen LogP contribution < -0.4 is 0 Å². The third-order valence-corrected chi connectivity index (χ3v) is 2.00. The van der Waals surface area contributed by atoms with Crippen molar-refractivity contribution >= 4 is 18.2 Å². The lowest BCUT2D eigenvalue weighted by Crippen LogP contribution is -2.19. The van der Waals surface area contributed by atoms with E-state index in [1.54, 1.807) is 0 Å². The van der Waals surface area contributed by atoms with E-state index < -0.39 is 5.97 Å². The van der Waals surface area contributed by atoms with Crippen LogP contribution in [-0.2, 0) is 5.41 Å². The Hall–Kier alpha value is -1.23. The van der Waals surface area contributed by atoms with Gasteiger partial charge in [0.2, 0.25) is 0 Å². The summed E-state index contributed by atoms with van der Waals surface area (Å²) in [5.74, 6) is -0.992. The maximum Gasteiger partial charge on any atom is 0.339 e. The van der Waals surface area contributed by atoms with Gasteiger partial charge in [0.1, 0.15) is 0 Å². The normalized spacial score (nSPS) is 11.4. The fourth-order valence-corrected chi connectivity index (χ4v) is 1.30. The van der Waals surface area contributed by atoms with Crippen LogP contribution in [0.25, 0.3) is 0 Å². The highest BCUT2D eigenvalue weighted by atomic mass is 32.1. The van der Waals surface area contributed by atoms with Crippen LogP contribution in [0.5, 0.6) is 0 Å². The number of aromatic carboxylic acids is 1. The van der Waals surface area contributed by atoms with Gasteiger partial charge >= 0.3 is 5.97 Å². The molecule has 14 heavy (non-hydrogen) atoms. The van der Waals surface area contributed by atoms with Crippen LogP contribution in [0.4, 0.5) is 0 Å². The second-order valence-electron chi connectivity index (χ2n) is 4.03. The first-order valence-electron chi connectivity index (χ1n) is 4.15. The molecule has 0 unspecified atom stereocenters. The summed E-state index contributed by atoms with van der Waals surface area (Å²) in [6.07, 6.45) is 1.29. The van der Waals surface area contributed by atoms with Crippen LogP contribution in [-0.4, -0.2) is 21.0 Å². The molecule has 0 aliphatic carbocycles. The maximum atomic E-state index is 10.9. The molecule has 0 aliphatic rings. The molecule has 0 saturated carbocycles. The number of aromatic nitrogens is 2. The van der Waals surface area contributed by atoms with E-state index in [1.165, 1.54) is 6.20 Å². The molecule has 2 N–H and O–H groups in total. The number of nitrogens with one attached hydrogen (secondary N) is 1. The number of nitrogens with zero attached hydrogens (tertiary/aromatic N) is 1. The van der Waals surface area contributed by atoms with Gasteiger partial charge in [-0.2, -0.15) is 0 Å². The van der Waals surface area contributed by atoms with Crippen molar-refractivity contribution in [3.05, 3.63) is 22.2 Å². The van der Waals surface area contributed by atoms with Gasteiger partial charge in [-0.25, -0.2) is 9.78 Å². The summed E-state index contributed by atoms with van der Waals surface area (Å²) in [6, 6.07) is 0. The second-order valence-corrected chi connectivity index (χ2v) is 4.42. The van der Waals surface area contributed by atoms with Crippen molar-refractivity contribution in [3.63, 3.8) is 0 Å². The Morgan fingerprint density at radius 1 is 1.57 bits per heavy atom. The molecule has 5 heteroatoms. The lowest BCUT2D eigenvalue weighted by atomic mass is 9.89. The SMILES string of the molecule is CC(C)(C)c1[nH]c(=S)ncc1C(=O)O. The van der Waals surface area contributed by atoms with Crippen molar-refractivity contribution in [2.45, 2.75) is 26.2 Å². The Morgan fingerprint density at radius 3 is 2.57 bits per heavy atom. The average Bonchev–Trinajstić information content (AvgIpc) is 2.01. The molecule has 0 spiro atoms. The summed E-state index contributed by atoms with van der Waals surface area (Å²) >= 11 is 4.86. The van der Waals surface area contributed by atoms with E-state index in [1.807, 2.05) is 20.8 Å². The van der Waals surface area contributed by atoms with Gasteiger partial charge in [-0.3, -0.25) is 0 Å². The fourth-order valence-electron chi connectivity index (χ4n) is 1.15. The Morgan fingerprint density at radius 2 is 2.14 bits per heavy atom. The summed E-state index contributed by atoms with van der Waals surface area (Å²) in [6.45, 7) is 5.75. The van der Waals surface area contributed by atoms with Gasteiger partial charge < -0.3 is 10.1 Å². The monoisotopic (exact) mass is 212 g/mol. The quantitative estimate of drug-likeness (QED) is 0.700. The van der Waals surface area contributed by atoms with Crippen LogP contribution in [0.3, 0.4) is 0 Å².